The summed E-state index contributed by atoms with van der Waals surface area (Å²) in [6.07, 6.45) is 4.33. The molecule has 1 amide bonds. The van der Waals surface area contributed by atoms with E-state index in [1.165, 1.54) is 6.08 Å². The van der Waals surface area contributed by atoms with Gasteiger partial charge in [0.2, 0.25) is 5.79 Å². The third-order valence-electron chi connectivity index (χ3n) is 10.7. The minimum Gasteiger partial charge on any atom is -0.489 e. The molecule has 11 nitrogen and oxygen atoms in total. The summed E-state index contributed by atoms with van der Waals surface area (Å²) in [5.41, 5.74) is 2.01. The van der Waals surface area contributed by atoms with Crippen LogP contribution < -0.4 is 14.8 Å². The highest BCUT2D eigenvalue weighted by Gasteiger charge is 2.69. The van der Waals surface area contributed by atoms with E-state index in [0.717, 1.165) is 36.7 Å². The van der Waals surface area contributed by atoms with Crippen LogP contribution >= 0.6 is 0 Å². The summed E-state index contributed by atoms with van der Waals surface area (Å²) < 4.78 is 52.2. The molecule has 3 aromatic rings. The molecule has 0 aromatic heterocycles. The van der Waals surface area contributed by atoms with Crippen LogP contribution in [0.1, 0.15) is 67.9 Å². The molecule has 1 spiro atoms. The number of para-hydroxylation sites is 1. The van der Waals surface area contributed by atoms with Gasteiger partial charge in [-0.25, -0.2) is 18.2 Å². The van der Waals surface area contributed by atoms with E-state index in [0.29, 0.717) is 54.2 Å². The predicted molar refractivity (Wildman–Crippen MR) is 190 cm³/mol. The van der Waals surface area contributed by atoms with Gasteiger partial charge < -0.3 is 24.3 Å². The van der Waals surface area contributed by atoms with E-state index in [1.807, 2.05) is 25.1 Å². The second kappa shape index (κ2) is 14.7. The van der Waals surface area contributed by atoms with E-state index in [-0.39, 0.29) is 17.7 Å². The van der Waals surface area contributed by atoms with Crippen molar-refractivity contribution in [2.45, 2.75) is 77.0 Å². The molecule has 3 aromatic carbocycles. The van der Waals surface area contributed by atoms with Crippen molar-refractivity contribution in [3.05, 3.63) is 101 Å². The third kappa shape index (κ3) is 7.72. The van der Waals surface area contributed by atoms with Crippen LogP contribution in [-0.4, -0.2) is 51.4 Å². The molecule has 8 atom stereocenters. The highest BCUT2D eigenvalue weighted by Crippen LogP contribution is 2.60. The number of hydrogen-bond donors (Lipinski definition) is 2. The summed E-state index contributed by atoms with van der Waals surface area (Å²) >= 11 is 0. The number of ether oxygens (including phenoxy) is 4. The first kappa shape index (κ1) is 35.6. The number of carbonyl (C=O) groups is 1. The van der Waals surface area contributed by atoms with Gasteiger partial charge in [-0.3, -0.25) is 9.52 Å². The van der Waals surface area contributed by atoms with Gasteiger partial charge in [0, 0.05) is 36.1 Å². The molecule has 5 aliphatic rings. The Balaban J connectivity index is 0.855. The summed E-state index contributed by atoms with van der Waals surface area (Å²) in [6, 6.07) is 23.1. The Kier molecular flexibility index (Phi) is 10.3. The average molecular weight is 719 g/mol. The monoisotopic (exact) mass is 718 g/mol. The van der Waals surface area contributed by atoms with Crippen molar-refractivity contribution in [3.63, 3.8) is 0 Å². The quantitative estimate of drug-likeness (QED) is 0.157. The zero-order valence-electron chi connectivity index (χ0n) is 29.2. The van der Waals surface area contributed by atoms with Crippen LogP contribution in [0.3, 0.4) is 0 Å². The predicted octanol–water partition coefficient (Wildman–Crippen LogP) is 6.63. The van der Waals surface area contributed by atoms with Gasteiger partial charge in [0.05, 0.1) is 12.0 Å². The summed E-state index contributed by atoms with van der Waals surface area (Å²) in [7, 11) is -3.64. The molecule has 272 valence electrons. The first-order valence-electron chi connectivity index (χ1n) is 17.7. The summed E-state index contributed by atoms with van der Waals surface area (Å²) in [5.74, 6) is 0.640. The molecule has 2 N–H and O–H groups in total. The van der Waals surface area contributed by atoms with E-state index >= 15 is 0 Å². The van der Waals surface area contributed by atoms with Crippen molar-refractivity contribution in [1.82, 2.24) is 5.32 Å². The smallest absolute Gasteiger partial charge is 0.255 e. The second-order valence-corrected chi connectivity index (χ2v) is 15.8. The van der Waals surface area contributed by atoms with Gasteiger partial charge >= 0.3 is 0 Å². The lowest BCUT2D eigenvalue weighted by Gasteiger charge is -2.60. The van der Waals surface area contributed by atoms with Crippen LogP contribution in [0.15, 0.2) is 84.3 Å². The lowest BCUT2D eigenvalue weighted by atomic mass is 9.58. The molecule has 5 fully saturated rings. The van der Waals surface area contributed by atoms with Crippen LogP contribution in [0.25, 0.3) is 6.08 Å². The Labute approximate surface area is 299 Å². The summed E-state index contributed by atoms with van der Waals surface area (Å²) in [4.78, 5) is 25.0. The van der Waals surface area contributed by atoms with Crippen LogP contribution in [0, 0.1) is 23.7 Å². The van der Waals surface area contributed by atoms with Crippen molar-refractivity contribution < 1.29 is 41.9 Å². The SMILES string of the molecule is C[C@H]1[C@H](OCCNC(=O)c2ccc(COc3ccc(/C=C/S(=O)(=O)Nc4ccccc4)cc3)cc2)O[C@@H]2O[C@@]3(C)CC[C@H]4[C@H](C)CC[C@@H]1[C@@]24OO3. The number of sulfonamides is 1. The van der Waals surface area contributed by atoms with Crippen LogP contribution in [0.2, 0.25) is 0 Å². The molecule has 4 saturated heterocycles. The molecule has 2 bridgehead atoms. The number of anilines is 1. The molecule has 12 heteroatoms. The van der Waals surface area contributed by atoms with E-state index in [9.17, 15) is 13.2 Å². The molecule has 0 radical (unpaired) electrons. The topological polar surface area (TPSA) is 131 Å². The van der Waals surface area contributed by atoms with Gasteiger partial charge in [-0.15, -0.1) is 0 Å². The van der Waals surface area contributed by atoms with Gasteiger partial charge in [0.1, 0.15) is 12.4 Å². The maximum atomic E-state index is 12.9. The minimum atomic E-state index is -3.64. The Morgan fingerprint density at radius 3 is 2.47 bits per heavy atom. The fourth-order valence-electron chi connectivity index (χ4n) is 7.97. The van der Waals surface area contributed by atoms with Gasteiger partial charge in [-0.05, 0) is 91.6 Å². The Morgan fingerprint density at radius 1 is 0.941 bits per heavy atom. The van der Waals surface area contributed by atoms with Crippen LogP contribution in [-0.2, 0) is 40.6 Å². The highest BCUT2D eigenvalue weighted by molar-refractivity contribution is 7.95. The van der Waals surface area contributed by atoms with Crippen molar-refractivity contribution in [2.24, 2.45) is 23.7 Å². The molecule has 8 rings (SSSR count). The summed E-state index contributed by atoms with van der Waals surface area (Å²) in [6.45, 7) is 7.28. The first-order chi connectivity index (χ1) is 24.5. The van der Waals surface area contributed by atoms with Crippen molar-refractivity contribution in [1.29, 1.82) is 0 Å². The minimum absolute atomic E-state index is 0.0673. The lowest BCUT2D eigenvalue weighted by Crippen LogP contribution is -2.70. The van der Waals surface area contributed by atoms with Crippen molar-refractivity contribution >= 4 is 27.7 Å². The third-order valence-corrected chi connectivity index (χ3v) is 11.8. The zero-order valence-corrected chi connectivity index (χ0v) is 30.0. The highest BCUT2D eigenvalue weighted by atomic mass is 32.2. The molecule has 1 aliphatic carbocycles. The number of hydrogen-bond acceptors (Lipinski definition) is 9. The van der Waals surface area contributed by atoms with E-state index in [4.69, 9.17) is 28.7 Å². The van der Waals surface area contributed by atoms with E-state index in [1.54, 1.807) is 60.7 Å². The molecule has 0 unspecified atom stereocenters. The number of amides is 1. The molecule has 4 aliphatic heterocycles. The number of carbonyl (C=O) groups excluding carboxylic acids is 1. The van der Waals surface area contributed by atoms with Crippen molar-refractivity contribution in [2.75, 3.05) is 17.9 Å². The lowest BCUT2D eigenvalue weighted by molar-refractivity contribution is -0.577. The summed E-state index contributed by atoms with van der Waals surface area (Å²) in [5, 5.41) is 4.07. The Bertz CT molecular complexity index is 1800. The maximum Gasteiger partial charge on any atom is 0.255 e. The molecular formula is C39H46N2O9S. The van der Waals surface area contributed by atoms with Gasteiger partial charge in [-0.1, -0.05) is 56.3 Å². The average Bonchev–Trinajstić information content (AvgIpc) is 3.36. The normalized spacial score (nSPS) is 31.4. The van der Waals surface area contributed by atoms with Gasteiger partial charge in [0.25, 0.3) is 15.9 Å². The Morgan fingerprint density at radius 2 is 1.71 bits per heavy atom. The van der Waals surface area contributed by atoms with Crippen LogP contribution in [0.5, 0.6) is 5.75 Å². The number of rotatable bonds is 12. The number of nitrogens with one attached hydrogen (secondary N) is 2. The molecule has 51 heavy (non-hydrogen) atoms. The number of fused-ring (bicyclic) bond motifs is 2. The molecule has 1 saturated carbocycles. The fraction of sp³-hybridized carbons (Fsp3) is 0.462. The van der Waals surface area contributed by atoms with Crippen LogP contribution in [0.4, 0.5) is 5.69 Å². The van der Waals surface area contributed by atoms with Gasteiger partial charge in [-0.2, -0.15) is 0 Å². The fourth-order valence-corrected chi connectivity index (χ4v) is 8.84. The second-order valence-electron chi connectivity index (χ2n) is 14.3. The zero-order chi connectivity index (χ0) is 35.6. The largest absolute Gasteiger partial charge is 0.489 e. The van der Waals surface area contributed by atoms with E-state index < -0.39 is 34.0 Å². The Hall–Kier alpha value is -3.78. The molecular weight excluding hydrogens is 673 g/mol. The van der Waals surface area contributed by atoms with Gasteiger partial charge in [0.15, 0.2) is 18.2 Å². The standard InChI is InChI=1S/C39H46N2O9S/c1-26-9-18-34-27(2)36(47-37-39(34)33(26)19-21-38(3,48-37)49-50-39)45-23-22-40-35(42)30-14-10-29(11-15-30)25-46-32-16-12-28(13-17-32)20-24-51(43,44)41-31-7-5-4-6-8-31/h4-8,10-17,20,24,26-27,33-34,36-37,41H,9,18-19,21-23,25H2,1-3H3,(H,40,42)/b24-20+/t26-,27-,33+,34+,36-,37-,38-,39-/m1/s1. The maximum absolute atomic E-state index is 12.9. The number of benzene rings is 3. The van der Waals surface area contributed by atoms with Crippen molar-refractivity contribution in [3.8, 4) is 5.75 Å². The molecule has 4 heterocycles. The first-order valence-corrected chi connectivity index (χ1v) is 19.3. The van der Waals surface area contributed by atoms with E-state index in [2.05, 4.69) is 23.9 Å².